The van der Waals surface area contributed by atoms with E-state index in [1.165, 1.54) is 0 Å². The van der Waals surface area contributed by atoms with E-state index in [-0.39, 0.29) is 11.1 Å². The second kappa shape index (κ2) is 5.25. The van der Waals surface area contributed by atoms with Gasteiger partial charge < -0.3 is 19.3 Å². The Bertz CT molecular complexity index is 866. The van der Waals surface area contributed by atoms with Gasteiger partial charge in [0.1, 0.15) is 20.2 Å². The van der Waals surface area contributed by atoms with Gasteiger partial charge in [-0.2, -0.15) is 0 Å². The molecule has 0 bridgehead atoms. The molecule has 0 aliphatic carbocycles. The monoisotopic (exact) mass is 342 g/mol. The lowest BCUT2D eigenvalue weighted by atomic mass is 10.0. The summed E-state index contributed by atoms with van der Waals surface area (Å²) >= 11 is 0. The van der Waals surface area contributed by atoms with Gasteiger partial charge in [-0.1, -0.05) is 35.8 Å². The van der Waals surface area contributed by atoms with Crippen LogP contribution in [0, 0.1) is 0 Å². The molecule has 2 aromatic rings. The van der Waals surface area contributed by atoms with Crippen molar-refractivity contribution in [1.82, 2.24) is 0 Å². The summed E-state index contributed by atoms with van der Waals surface area (Å²) in [5.41, 5.74) is -0.431. The van der Waals surface area contributed by atoms with Crippen molar-refractivity contribution in [2.24, 2.45) is 0 Å². The first-order valence-corrected chi connectivity index (χ1v) is 8.36. The number of hydrogen-bond acceptors (Lipinski definition) is 8. The molecule has 22 heavy (non-hydrogen) atoms. The summed E-state index contributed by atoms with van der Waals surface area (Å²) in [4.78, 5) is -1.49. The third kappa shape index (κ3) is 3.20. The Kier molecular flexibility index (Phi) is 3.87. The molecule has 0 amide bonds. The molecule has 0 spiro atoms. The maximum absolute atomic E-state index is 11.8. The van der Waals surface area contributed by atoms with Crippen LogP contribution in [0.15, 0.2) is 46.2 Å². The van der Waals surface area contributed by atoms with E-state index in [1.54, 1.807) is 0 Å². The molecule has 2 aromatic carbocycles. The number of rotatable bonds is 3. The number of benzene rings is 2. The highest BCUT2D eigenvalue weighted by atomic mass is 32.2. The minimum absolute atomic E-state index is 0.216. The number of hydrogen-bond donors (Lipinski definition) is 0. The Morgan fingerprint density at radius 2 is 0.955 bits per heavy atom. The molecule has 0 fully saturated rings. The second-order valence-corrected chi connectivity index (χ2v) is 6.98. The predicted octanol–water partition coefficient (Wildman–Crippen LogP) is -0.691. The molecule has 118 valence electrons. The van der Waals surface area contributed by atoms with Crippen molar-refractivity contribution in [1.29, 1.82) is 0 Å². The van der Waals surface area contributed by atoms with Gasteiger partial charge in [-0.25, -0.2) is 16.8 Å². The van der Waals surface area contributed by atoms with Crippen LogP contribution in [0.1, 0.15) is 0 Å². The highest BCUT2D eigenvalue weighted by Crippen LogP contribution is 2.35. The second-order valence-electron chi connectivity index (χ2n) is 4.22. The van der Waals surface area contributed by atoms with Crippen LogP contribution in [0.5, 0.6) is 11.5 Å². The van der Waals surface area contributed by atoms with E-state index in [0.29, 0.717) is 12.1 Å². The fourth-order valence-corrected chi connectivity index (χ4v) is 2.73. The first kappa shape index (κ1) is 16.2. The van der Waals surface area contributed by atoms with Crippen LogP contribution in [0.25, 0.3) is 11.1 Å². The molecule has 0 aliphatic heterocycles. The fourth-order valence-electron chi connectivity index (χ4n) is 1.76. The Morgan fingerprint density at radius 3 is 1.18 bits per heavy atom. The summed E-state index contributed by atoms with van der Waals surface area (Å²) in [5, 5.41) is 23.6. The van der Waals surface area contributed by atoms with Gasteiger partial charge in [0, 0.05) is 0 Å². The van der Waals surface area contributed by atoms with Crippen LogP contribution in [0.4, 0.5) is 0 Å². The zero-order chi connectivity index (χ0) is 16.7. The van der Waals surface area contributed by atoms with Crippen molar-refractivity contribution in [3.8, 4) is 22.6 Å². The maximum atomic E-state index is 11.8. The van der Waals surface area contributed by atoms with Crippen LogP contribution in [0.2, 0.25) is 0 Å². The summed E-state index contributed by atoms with van der Waals surface area (Å²) in [7, 11) is -9.62. The van der Waals surface area contributed by atoms with Crippen molar-refractivity contribution in [2.75, 3.05) is 0 Å². The van der Waals surface area contributed by atoms with E-state index >= 15 is 0 Å². The molecule has 0 unspecified atom stereocenters. The van der Waals surface area contributed by atoms with Crippen molar-refractivity contribution < 1.29 is 36.2 Å². The SMILES string of the molecule is O=S(=O)([O-])c1ccc(-c2ccc(S(=O)(=O)[O-])cc2[O-])c([O-])c1. The van der Waals surface area contributed by atoms with Crippen molar-refractivity contribution >= 4 is 20.2 Å². The molecule has 0 atom stereocenters. The van der Waals surface area contributed by atoms with E-state index in [0.717, 1.165) is 24.3 Å². The summed E-state index contributed by atoms with van der Waals surface area (Å²) in [5.74, 6) is -1.79. The van der Waals surface area contributed by atoms with Gasteiger partial charge >= 0.3 is 0 Å². The zero-order valence-electron chi connectivity index (χ0n) is 10.5. The van der Waals surface area contributed by atoms with Gasteiger partial charge in [0.15, 0.2) is 0 Å². The molecule has 0 heterocycles. The molecule has 0 aliphatic rings. The topological polar surface area (TPSA) is 161 Å². The van der Waals surface area contributed by atoms with Crippen molar-refractivity contribution in [3.63, 3.8) is 0 Å². The van der Waals surface area contributed by atoms with E-state index in [1.807, 2.05) is 0 Å². The van der Waals surface area contributed by atoms with E-state index in [2.05, 4.69) is 0 Å². The highest BCUT2D eigenvalue weighted by Gasteiger charge is 2.07. The van der Waals surface area contributed by atoms with Crippen LogP contribution in [0.3, 0.4) is 0 Å². The van der Waals surface area contributed by atoms with Gasteiger partial charge in [-0.15, -0.1) is 0 Å². The van der Waals surface area contributed by atoms with Crippen LogP contribution in [-0.2, 0) is 20.2 Å². The molecule has 0 saturated heterocycles. The van der Waals surface area contributed by atoms with E-state index < -0.39 is 41.5 Å². The standard InChI is InChI=1S/C12H10O8S2/c13-11-5-7(21(15,16)17)1-3-9(11)10-4-2-8(6-12(10)14)22(18,19)20/h1-6,13-14H,(H,15,16,17)(H,18,19,20)/p-4. The predicted molar refractivity (Wildman–Crippen MR) is 66.7 cm³/mol. The molecule has 2 rings (SSSR count). The Hall–Kier alpha value is -2.14. The minimum Gasteiger partial charge on any atom is -0.872 e. The lowest BCUT2D eigenvalue weighted by Gasteiger charge is -2.22. The average Bonchev–Trinajstić information content (AvgIpc) is 2.37. The van der Waals surface area contributed by atoms with Gasteiger partial charge in [-0.3, -0.25) is 0 Å². The molecule has 10 heteroatoms. The molecule has 8 nitrogen and oxygen atoms in total. The minimum atomic E-state index is -4.81. The summed E-state index contributed by atoms with van der Waals surface area (Å²) in [6.45, 7) is 0. The molecule has 0 radical (unpaired) electrons. The Morgan fingerprint density at radius 1 is 0.636 bits per heavy atom. The average molecular weight is 342 g/mol. The first-order valence-electron chi connectivity index (χ1n) is 5.54. The Labute approximate surface area is 125 Å². The molecule has 0 aromatic heterocycles. The van der Waals surface area contributed by atoms with Crippen molar-refractivity contribution in [3.05, 3.63) is 36.4 Å². The zero-order valence-corrected chi connectivity index (χ0v) is 12.2. The Balaban J connectivity index is 2.59. The molecule has 0 N–H and O–H groups in total. The highest BCUT2D eigenvalue weighted by molar-refractivity contribution is 7.86. The van der Waals surface area contributed by atoms with Gasteiger partial charge in [-0.05, 0) is 23.3 Å². The van der Waals surface area contributed by atoms with Gasteiger partial charge in [0.2, 0.25) is 0 Å². The van der Waals surface area contributed by atoms with Crippen LogP contribution >= 0.6 is 0 Å². The van der Waals surface area contributed by atoms with E-state index in [9.17, 15) is 36.2 Å². The summed E-state index contributed by atoms with van der Waals surface area (Å²) in [6, 6.07) is 4.78. The summed E-state index contributed by atoms with van der Waals surface area (Å²) < 4.78 is 64.8. The molecular weight excluding hydrogens is 336 g/mol. The van der Waals surface area contributed by atoms with Crippen LogP contribution in [-0.4, -0.2) is 25.9 Å². The quantitative estimate of drug-likeness (QED) is 0.662. The van der Waals surface area contributed by atoms with Gasteiger partial charge in [0.25, 0.3) is 0 Å². The third-order valence-electron chi connectivity index (χ3n) is 2.77. The van der Waals surface area contributed by atoms with Crippen LogP contribution < -0.4 is 10.2 Å². The maximum Gasteiger partial charge on any atom is 0.124 e. The van der Waals surface area contributed by atoms with E-state index in [4.69, 9.17) is 0 Å². The smallest absolute Gasteiger partial charge is 0.124 e. The first-order chi connectivity index (χ1) is 10.00. The lowest BCUT2D eigenvalue weighted by Crippen LogP contribution is -2.04. The fraction of sp³-hybridized carbons (Fsp3) is 0. The molecule has 0 saturated carbocycles. The largest absolute Gasteiger partial charge is 0.872 e. The van der Waals surface area contributed by atoms with Crippen molar-refractivity contribution in [2.45, 2.75) is 9.79 Å². The molecular formula is C12H6O8S2-4. The lowest BCUT2D eigenvalue weighted by molar-refractivity contribution is -0.271. The normalized spacial score (nSPS) is 12.3. The van der Waals surface area contributed by atoms with Gasteiger partial charge in [0.05, 0.1) is 9.79 Å². The third-order valence-corrected chi connectivity index (χ3v) is 4.44. The summed E-state index contributed by atoms with van der Waals surface area (Å²) in [6.07, 6.45) is 0.